The summed E-state index contributed by atoms with van der Waals surface area (Å²) in [6.45, 7) is 0.463. The van der Waals surface area contributed by atoms with Gasteiger partial charge >= 0.3 is 0 Å². The largest absolute Gasteiger partial charge is 0.348 e. The molecule has 0 saturated heterocycles. The third-order valence-corrected chi connectivity index (χ3v) is 4.57. The third-order valence-electron chi connectivity index (χ3n) is 3.39. The van der Waals surface area contributed by atoms with Crippen molar-refractivity contribution in [3.05, 3.63) is 74.4 Å². The number of nitrogens with zero attached hydrogens (tertiary/aromatic N) is 1. The Balaban J connectivity index is 1.66. The van der Waals surface area contributed by atoms with E-state index in [1.54, 1.807) is 18.3 Å². The topological polar surface area (TPSA) is 57.8 Å². The molecule has 0 bridgehead atoms. The van der Waals surface area contributed by atoms with E-state index in [4.69, 9.17) is 11.6 Å². The number of aromatic amines is 1. The van der Waals surface area contributed by atoms with Gasteiger partial charge in [-0.2, -0.15) is 5.10 Å². The minimum Gasteiger partial charge on any atom is -0.348 e. The second-order valence-corrected chi connectivity index (χ2v) is 6.57. The van der Waals surface area contributed by atoms with Crippen LogP contribution in [0.3, 0.4) is 0 Å². The number of hydrogen-bond acceptors (Lipinski definition) is 2. The molecule has 0 saturated carbocycles. The Hall–Kier alpha value is -1.86. The number of carbonyl (C=O) groups excluding carboxylic acids is 1. The van der Waals surface area contributed by atoms with E-state index >= 15 is 0 Å². The summed E-state index contributed by atoms with van der Waals surface area (Å²) in [5, 5.41) is 10.3. The molecule has 0 fully saturated rings. The Kier molecular flexibility index (Phi) is 4.97. The summed E-state index contributed by atoms with van der Waals surface area (Å²) >= 11 is 8.08. The fourth-order valence-electron chi connectivity index (χ4n) is 2.17. The molecule has 6 heteroatoms. The number of H-pyrrole nitrogens is 1. The van der Waals surface area contributed by atoms with Crippen molar-refractivity contribution >= 4 is 40.1 Å². The van der Waals surface area contributed by atoms with Crippen molar-refractivity contribution in [1.82, 2.24) is 15.5 Å². The van der Waals surface area contributed by atoms with Gasteiger partial charge < -0.3 is 5.32 Å². The monoisotopic (exact) mass is 437 g/mol. The molecule has 3 aromatic rings. The molecule has 23 heavy (non-hydrogen) atoms. The number of nitrogens with one attached hydrogen (secondary N) is 2. The van der Waals surface area contributed by atoms with Gasteiger partial charge in [0.1, 0.15) is 0 Å². The van der Waals surface area contributed by atoms with Gasteiger partial charge in [0.05, 0.1) is 11.3 Å². The summed E-state index contributed by atoms with van der Waals surface area (Å²) < 4.78 is 0.874. The highest BCUT2D eigenvalue weighted by molar-refractivity contribution is 14.1. The SMILES string of the molecule is O=C(NCc1ccc(-c2ccn[nH]2)cc1)c1cc(Cl)ccc1I. The molecule has 0 atom stereocenters. The summed E-state index contributed by atoms with van der Waals surface area (Å²) in [5.74, 6) is -0.130. The minimum absolute atomic E-state index is 0.130. The minimum atomic E-state index is -0.130. The molecule has 0 aliphatic rings. The second kappa shape index (κ2) is 7.14. The van der Waals surface area contributed by atoms with E-state index in [2.05, 4.69) is 38.1 Å². The van der Waals surface area contributed by atoms with E-state index in [1.165, 1.54) is 0 Å². The van der Waals surface area contributed by atoms with Crippen LogP contribution in [0.5, 0.6) is 0 Å². The van der Waals surface area contributed by atoms with Crippen molar-refractivity contribution in [2.45, 2.75) is 6.54 Å². The third kappa shape index (κ3) is 3.92. The highest BCUT2D eigenvalue weighted by atomic mass is 127. The van der Waals surface area contributed by atoms with E-state index in [0.29, 0.717) is 17.1 Å². The van der Waals surface area contributed by atoms with Gasteiger partial charge in [0.25, 0.3) is 5.91 Å². The average Bonchev–Trinajstić information content (AvgIpc) is 3.10. The van der Waals surface area contributed by atoms with Crippen molar-refractivity contribution in [3.63, 3.8) is 0 Å². The molecular formula is C17H13ClIN3O. The van der Waals surface area contributed by atoms with E-state index < -0.39 is 0 Å². The maximum Gasteiger partial charge on any atom is 0.252 e. The van der Waals surface area contributed by atoms with Crippen molar-refractivity contribution in [3.8, 4) is 11.3 Å². The number of halogens is 2. The molecule has 3 rings (SSSR count). The summed E-state index contributed by atoms with van der Waals surface area (Å²) in [4.78, 5) is 12.3. The fraction of sp³-hybridized carbons (Fsp3) is 0.0588. The number of rotatable bonds is 4. The van der Waals surface area contributed by atoms with Gasteiger partial charge in [-0.05, 0) is 58.0 Å². The molecule has 2 N–H and O–H groups in total. The predicted molar refractivity (Wildman–Crippen MR) is 99.4 cm³/mol. The Morgan fingerprint density at radius 2 is 1.96 bits per heavy atom. The molecule has 2 aromatic carbocycles. The fourth-order valence-corrected chi connectivity index (χ4v) is 2.92. The smallest absolute Gasteiger partial charge is 0.252 e. The van der Waals surface area contributed by atoms with Crippen molar-refractivity contribution in [2.75, 3.05) is 0 Å². The van der Waals surface area contributed by atoms with Gasteiger partial charge in [-0.3, -0.25) is 9.89 Å². The lowest BCUT2D eigenvalue weighted by Gasteiger charge is -2.08. The quantitative estimate of drug-likeness (QED) is 0.599. The first-order valence-corrected chi connectivity index (χ1v) is 8.41. The van der Waals surface area contributed by atoms with Crippen molar-refractivity contribution in [1.29, 1.82) is 0 Å². The standard InChI is InChI=1S/C17H13ClIN3O/c18-13-5-6-15(19)14(9-13)17(23)20-10-11-1-3-12(4-2-11)16-7-8-21-22-16/h1-9H,10H2,(H,20,23)(H,21,22). The van der Waals surface area contributed by atoms with Crippen molar-refractivity contribution in [2.24, 2.45) is 0 Å². The van der Waals surface area contributed by atoms with Crippen LogP contribution in [-0.4, -0.2) is 16.1 Å². The normalized spacial score (nSPS) is 10.5. The van der Waals surface area contributed by atoms with Crippen LogP contribution in [0, 0.1) is 3.57 Å². The van der Waals surface area contributed by atoms with Crippen molar-refractivity contribution < 1.29 is 4.79 Å². The molecular weight excluding hydrogens is 425 g/mol. The zero-order valence-corrected chi connectivity index (χ0v) is 14.9. The summed E-state index contributed by atoms with van der Waals surface area (Å²) in [7, 11) is 0. The summed E-state index contributed by atoms with van der Waals surface area (Å²) in [6, 6.07) is 15.2. The molecule has 0 aliphatic heterocycles. The van der Waals surface area contributed by atoms with Gasteiger partial charge in [-0.25, -0.2) is 0 Å². The first-order chi connectivity index (χ1) is 11.1. The highest BCUT2D eigenvalue weighted by Crippen LogP contribution is 2.19. The maximum atomic E-state index is 12.3. The van der Waals surface area contributed by atoms with Crippen LogP contribution in [0.15, 0.2) is 54.7 Å². The summed E-state index contributed by atoms with van der Waals surface area (Å²) in [6.07, 6.45) is 1.72. The summed E-state index contributed by atoms with van der Waals surface area (Å²) in [5.41, 5.74) is 3.64. The Morgan fingerprint density at radius 3 is 2.65 bits per heavy atom. The Labute approximate surface area is 152 Å². The van der Waals surface area contributed by atoms with E-state index in [0.717, 1.165) is 20.4 Å². The number of aromatic nitrogens is 2. The highest BCUT2D eigenvalue weighted by Gasteiger charge is 2.10. The van der Waals surface area contributed by atoms with Crippen LogP contribution < -0.4 is 5.32 Å². The molecule has 1 heterocycles. The first kappa shape index (κ1) is 16.0. The number of carbonyl (C=O) groups is 1. The molecule has 116 valence electrons. The van der Waals surface area contributed by atoms with Crippen LogP contribution >= 0.6 is 34.2 Å². The van der Waals surface area contributed by atoms with Gasteiger partial charge in [-0.15, -0.1) is 0 Å². The van der Waals surface area contributed by atoms with Crippen LogP contribution in [0.2, 0.25) is 5.02 Å². The molecule has 0 radical (unpaired) electrons. The molecule has 1 amide bonds. The second-order valence-electron chi connectivity index (χ2n) is 4.97. The van der Waals surface area contributed by atoms with E-state index in [-0.39, 0.29) is 5.91 Å². The maximum absolute atomic E-state index is 12.3. The number of benzene rings is 2. The van der Waals surface area contributed by atoms with Crippen LogP contribution in [0.25, 0.3) is 11.3 Å². The van der Waals surface area contributed by atoms with Gasteiger partial charge in [0.15, 0.2) is 0 Å². The van der Waals surface area contributed by atoms with Crippen LogP contribution in [0.4, 0.5) is 0 Å². The first-order valence-electron chi connectivity index (χ1n) is 6.95. The molecule has 4 nitrogen and oxygen atoms in total. The molecule has 0 spiro atoms. The lowest BCUT2D eigenvalue weighted by atomic mass is 10.1. The predicted octanol–water partition coefficient (Wildman–Crippen LogP) is 4.26. The number of amides is 1. The molecule has 0 unspecified atom stereocenters. The Bertz CT molecular complexity index is 816. The van der Waals surface area contributed by atoms with Gasteiger partial charge in [-0.1, -0.05) is 35.9 Å². The van der Waals surface area contributed by atoms with Gasteiger partial charge in [0.2, 0.25) is 0 Å². The van der Waals surface area contributed by atoms with Crippen LogP contribution in [0.1, 0.15) is 15.9 Å². The Morgan fingerprint density at radius 1 is 1.17 bits per heavy atom. The number of hydrogen-bond donors (Lipinski definition) is 2. The van der Waals surface area contributed by atoms with E-state index in [1.807, 2.05) is 36.4 Å². The van der Waals surface area contributed by atoms with Gasteiger partial charge in [0, 0.05) is 21.3 Å². The zero-order chi connectivity index (χ0) is 16.2. The lowest BCUT2D eigenvalue weighted by Crippen LogP contribution is -2.23. The zero-order valence-electron chi connectivity index (χ0n) is 12.0. The van der Waals surface area contributed by atoms with E-state index in [9.17, 15) is 4.79 Å². The van der Waals surface area contributed by atoms with Crippen LogP contribution in [-0.2, 0) is 6.54 Å². The average molecular weight is 438 g/mol. The molecule has 0 aliphatic carbocycles. The lowest BCUT2D eigenvalue weighted by molar-refractivity contribution is 0.0950. The molecule has 1 aromatic heterocycles.